The molecule has 1 aliphatic rings. The first-order valence-electron chi connectivity index (χ1n) is 6.09. The van der Waals surface area contributed by atoms with E-state index in [1.807, 2.05) is 18.7 Å². The normalized spacial score (nSPS) is 17.3. The predicted molar refractivity (Wildman–Crippen MR) is 67.3 cm³/mol. The summed E-state index contributed by atoms with van der Waals surface area (Å²) in [5, 5.41) is 3.10. The molecular weight excluding hydrogens is 232 g/mol. The Morgan fingerprint density at radius 3 is 2.89 bits per heavy atom. The van der Waals surface area contributed by atoms with E-state index in [0.717, 1.165) is 0 Å². The molecule has 0 aliphatic carbocycles. The fourth-order valence-electron chi connectivity index (χ4n) is 1.88. The van der Waals surface area contributed by atoms with Crippen molar-refractivity contribution in [1.82, 2.24) is 14.9 Å². The molecule has 1 aromatic heterocycles. The van der Waals surface area contributed by atoms with Crippen LogP contribution in [0.4, 0.5) is 5.82 Å². The van der Waals surface area contributed by atoms with Crippen molar-refractivity contribution < 1.29 is 9.53 Å². The van der Waals surface area contributed by atoms with Crippen molar-refractivity contribution in [2.75, 3.05) is 31.6 Å². The lowest BCUT2D eigenvalue weighted by Gasteiger charge is -2.29. The number of rotatable bonds is 3. The maximum atomic E-state index is 12.2. The summed E-state index contributed by atoms with van der Waals surface area (Å²) in [6, 6.07) is 1.47. The van der Waals surface area contributed by atoms with Crippen LogP contribution in [-0.4, -0.2) is 53.1 Å². The molecular formula is C12H18N4O2. The molecule has 1 aromatic rings. The number of aromatic nitrogens is 2. The molecule has 98 valence electrons. The van der Waals surface area contributed by atoms with Gasteiger partial charge in [0.15, 0.2) is 0 Å². The zero-order valence-electron chi connectivity index (χ0n) is 10.7. The van der Waals surface area contributed by atoms with Crippen LogP contribution in [0.3, 0.4) is 0 Å². The van der Waals surface area contributed by atoms with Crippen molar-refractivity contribution >= 4 is 11.7 Å². The van der Waals surface area contributed by atoms with Crippen LogP contribution in [0.25, 0.3) is 0 Å². The molecule has 0 saturated carbocycles. The number of nitrogens with zero attached hydrogens (tertiary/aromatic N) is 3. The molecule has 1 saturated heterocycles. The second-order valence-corrected chi connectivity index (χ2v) is 4.29. The van der Waals surface area contributed by atoms with E-state index >= 15 is 0 Å². The maximum Gasteiger partial charge on any atom is 0.244 e. The van der Waals surface area contributed by atoms with Gasteiger partial charge in [0, 0.05) is 19.3 Å². The predicted octanol–water partition coefficient (Wildman–Crippen LogP) is 0.444. The Morgan fingerprint density at radius 1 is 1.50 bits per heavy atom. The van der Waals surface area contributed by atoms with Gasteiger partial charge in [0.05, 0.1) is 13.2 Å². The van der Waals surface area contributed by atoms with E-state index < -0.39 is 0 Å². The minimum atomic E-state index is -0.294. The number of hydrogen-bond acceptors (Lipinski definition) is 5. The van der Waals surface area contributed by atoms with Crippen molar-refractivity contribution in [1.29, 1.82) is 0 Å². The molecule has 1 aliphatic heterocycles. The van der Waals surface area contributed by atoms with Gasteiger partial charge in [-0.05, 0) is 19.9 Å². The highest BCUT2D eigenvalue weighted by molar-refractivity contribution is 5.84. The maximum absolute atomic E-state index is 12.2. The fraction of sp³-hybridized carbons (Fsp3) is 0.583. The Balaban J connectivity index is 1.94. The molecule has 2 heterocycles. The highest BCUT2D eigenvalue weighted by Gasteiger charge is 2.22. The molecule has 18 heavy (non-hydrogen) atoms. The van der Waals surface area contributed by atoms with Gasteiger partial charge in [0.2, 0.25) is 5.91 Å². The average Bonchev–Trinajstić information content (AvgIpc) is 2.39. The van der Waals surface area contributed by atoms with Gasteiger partial charge in [0.25, 0.3) is 0 Å². The van der Waals surface area contributed by atoms with Gasteiger partial charge < -0.3 is 15.0 Å². The van der Waals surface area contributed by atoms with E-state index in [9.17, 15) is 4.79 Å². The highest BCUT2D eigenvalue weighted by Crippen LogP contribution is 2.07. The summed E-state index contributed by atoms with van der Waals surface area (Å²) >= 11 is 0. The van der Waals surface area contributed by atoms with Gasteiger partial charge in [-0.1, -0.05) is 0 Å². The molecule has 1 atom stereocenters. The quantitative estimate of drug-likeness (QED) is 0.843. The van der Waals surface area contributed by atoms with Crippen molar-refractivity contribution in [3.63, 3.8) is 0 Å². The Kier molecular flexibility index (Phi) is 4.09. The zero-order chi connectivity index (χ0) is 13.0. The van der Waals surface area contributed by atoms with Gasteiger partial charge in [0.1, 0.15) is 17.7 Å². The molecule has 1 N–H and O–H groups in total. The van der Waals surface area contributed by atoms with Crippen LogP contribution in [0.1, 0.15) is 12.7 Å². The standard InChI is InChI=1S/C12H18N4O2/c1-9(12(17)16-5-7-18-8-6-16)14-11-3-4-13-10(2)15-11/h3-4,9H,5-8H2,1-2H3,(H,13,14,15). The SMILES string of the molecule is Cc1nccc(NC(C)C(=O)N2CCOCC2)n1. The van der Waals surface area contributed by atoms with E-state index in [-0.39, 0.29) is 11.9 Å². The number of amides is 1. The first-order valence-corrected chi connectivity index (χ1v) is 6.09. The van der Waals surface area contributed by atoms with Gasteiger partial charge >= 0.3 is 0 Å². The van der Waals surface area contributed by atoms with Crippen molar-refractivity contribution in [2.45, 2.75) is 19.9 Å². The van der Waals surface area contributed by atoms with Crippen LogP contribution in [0.15, 0.2) is 12.3 Å². The summed E-state index contributed by atoms with van der Waals surface area (Å²) in [6.07, 6.45) is 1.68. The number of carbonyl (C=O) groups excluding carboxylic acids is 1. The van der Waals surface area contributed by atoms with E-state index in [4.69, 9.17) is 4.74 Å². The zero-order valence-corrected chi connectivity index (χ0v) is 10.7. The molecule has 1 fully saturated rings. The van der Waals surface area contributed by atoms with E-state index in [2.05, 4.69) is 15.3 Å². The summed E-state index contributed by atoms with van der Waals surface area (Å²) in [5.74, 6) is 1.44. The third-order valence-electron chi connectivity index (χ3n) is 2.83. The second-order valence-electron chi connectivity index (χ2n) is 4.29. The van der Waals surface area contributed by atoms with Crippen LogP contribution in [0, 0.1) is 6.92 Å². The molecule has 2 rings (SSSR count). The topological polar surface area (TPSA) is 67.4 Å². The summed E-state index contributed by atoms with van der Waals surface area (Å²) in [7, 11) is 0. The molecule has 1 unspecified atom stereocenters. The Morgan fingerprint density at radius 2 is 2.22 bits per heavy atom. The van der Waals surface area contributed by atoms with Gasteiger partial charge in [-0.2, -0.15) is 0 Å². The van der Waals surface area contributed by atoms with Crippen LogP contribution in [0.5, 0.6) is 0 Å². The smallest absolute Gasteiger partial charge is 0.244 e. The number of carbonyl (C=O) groups is 1. The van der Waals surface area contributed by atoms with Crippen molar-refractivity contribution in [3.8, 4) is 0 Å². The molecule has 0 spiro atoms. The van der Waals surface area contributed by atoms with Gasteiger partial charge in [-0.15, -0.1) is 0 Å². The van der Waals surface area contributed by atoms with Gasteiger partial charge in [-0.3, -0.25) is 4.79 Å². The highest BCUT2D eigenvalue weighted by atomic mass is 16.5. The average molecular weight is 250 g/mol. The summed E-state index contributed by atoms with van der Waals surface area (Å²) in [5.41, 5.74) is 0. The Bertz CT molecular complexity index is 418. The minimum absolute atomic E-state index is 0.0783. The molecule has 6 nitrogen and oxygen atoms in total. The lowest BCUT2D eigenvalue weighted by Crippen LogP contribution is -2.47. The number of nitrogens with one attached hydrogen (secondary N) is 1. The van der Waals surface area contributed by atoms with Crippen LogP contribution < -0.4 is 5.32 Å². The Labute approximate surface area is 106 Å². The van der Waals surface area contributed by atoms with Crippen LogP contribution >= 0.6 is 0 Å². The third-order valence-corrected chi connectivity index (χ3v) is 2.83. The van der Waals surface area contributed by atoms with Crippen molar-refractivity contribution in [3.05, 3.63) is 18.1 Å². The van der Waals surface area contributed by atoms with E-state index in [1.165, 1.54) is 0 Å². The minimum Gasteiger partial charge on any atom is -0.378 e. The lowest BCUT2D eigenvalue weighted by molar-refractivity contribution is -0.135. The molecule has 1 amide bonds. The monoisotopic (exact) mass is 250 g/mol. The summed E-state index contributed by atoms with van der Waals surface area (Å²) < 4.78 is 5.23. The van der Waals surface area contributed by atoms with Crippen LogP contribution in [-0.2, 0) is 9.53 Å². The number of ether oxygens (including phenoxy) is 1. The first kappa shape index (κ1) is 12.8. The molecule has 0 radical (unpaired) electrons. The van der Waals surface area contributed by atoms with E-state index in [1.54, 1.807) is 12.3 Å². The fourth-order valence-corrected chi connectivity index (χ4v) is 1.88. The Hall–Kier alpha value is -1.69. The van der Waals surface area contributed by atoms with Crippen molar-refractivity contribution in [2.24, 2.45) is 0 Å². The third kappa shape index (κ3) is 3.16. The lowest BCUT2D eigenvalue weighted by atomic mass is 10.2. The molecule has 0 bridgehead atoms. The number of morpholine rings is 1. The molecule has 0 aromatic carbocycles. The van der Waals surface area contributed by atoms with E-state index in [0.29, 0.717) is 37.9 Å². The molecule has 6 heteroatoms. The summed E-state index contributed by atoms with van der Waals surface area (Å²) in [4.78, 5) is 22.2. The second kappa shape index (κ2) is 5.77. The first-order chi connectivity index (χ1) is 8.66. The van der Waals surface area contributed by atoms with Gasteiger partial charge in [-0.25, -0.2) is 9.97 Å². The largest absolute Gasteiger partial charge is 0.378 e. The summed E-state index contributed by atoms with van der Waals surface area (Å²) in [6.45, 7) is 6.21. The van der Waals surface area contributed by atoms with Crippen LogP contribution in [0.2, 0.25) is 0 Å². The number of aryl methyl sites for hydroxylation is 1. The number of anilines is 1. The number of hydrogen-bond donors (Lipinski definition) is 1.